The molecule has 0 saturated heterocycles. The monoisotopic (exact) mass is 580 g/mol. The first kappa shape index (κ1) is 26.1. The number of hydrogen-bond acceptors (Lipinski definition) is 5. The molecule has 1 aromatic heterocycles. The number of benzene rings is 3. The van der Waals surface area contributed by atoms with E-state index in [0.717, 1.165) is 24.3 Å². The molecule has 6 nitrogen and oxygen atoms in total. The lowest BCUT2D eigenvalue weighted by molar-refractivity contribution is -0.275. The summed E-state index contributed by atoms with van der Waals surface area (Å²) in [6.07, 6.45) is -5.11. The van der Waals surface area contributed by atoms with E-state index < -0.39 is 44.5 Å². The van der Waals surface area contributed by atoms with E-state index in [-0.39, 0.29) is 10.7 Å². The number of anilines is 1. The molecule has 2 heterocycles. The van der Waals surface area contributed by atoms with Gasteiger partial charge in [0.05, 0.1) is 12.1 Å². The van der Waals surface area contributed by atoms with Gasteiger partial charge in [-0.1, -0.05) is 59.6 Å². The van der Waals surface area contributed by atoms with Gasteiger partial charge in [-0.15, -0.1) is 13.2 Å². The van der Waals surface area contributed by atoms with Gasteiger partial charge in [0.15, 0.2) is 0 Å². The largest absolute Gasteiger partial charge is 0.573 e. The zero-order valence-electron chi connectivity index (χ0n) is 19.1. The number of halogens is 5. The predicted octanol–water partition coefficient (Wildman–Crippen LogP) is 6.64. The average molecular weight is 581 g/mol. The van der Waals surface area contributed by atoms with Crippen LogP contribution < -0.4 is 15.6 Å². The molecule has 1 aliphatic rings. The van der Waals surface area contributed by atoms with E-state index in [2.05, 4.69) is 10.1 Å². The van der Waals surface area contributed by atoms with Gasteiger partial charge in [-0.25, -0.2) is 8.42 Å². The maximum Gasteiger partial charge on any atom is 0.573 e. The molecule has 5 rings (SSSR count). The third-order valence-electron chi connectivity index (χ3n) is 6.07. The number of alkyl halides is 3. The quantitative estimate of drug-likeness (QED) is 0.286. The molecule has 0 aliphatic carbocycles. The Labute approximate surface area is 225 Å². The van der Waals surface area contributed by atoms with E-state index in [9.17, 15) is 26.4 Å². The number of aromatic nitrogens is 1. The third-order valence-corrected chi connectivity index (χ3v) is 8.40. The van der Waals surface area contributed by atoms with Gasteiger partial charge in [0.1, 0.15) is 21.4 Å². The average Bonchev–Trinajstić information content (AvgIpc) is 3.25. The summed E-state index contributed by atoms with van der Waals surface area (Å²) in [7, 11) is -4.60. The van der Waals surface area contributed by atoms with Gasteiger partial charge >= 0.3 is 6.36 Å². The molecule has 12 heteroatoms. The van der Waals surface area contributed by atoms with Gasteiger partial charge in [-0.3, -0.25) is 9.36 Å². The number of hydrogen-bond donors (Lipinski definition) is 1. The molecule has 196 valence electrons. The van der Waals surface area contributed by atoms with Crippen LogP contribution in [0.5, 0.6) is 5.75 Å². The number of nitrogens with one attached hydrogen (secondary N) is 1. The van der Waals surface area contributed by atoms with Crippen LogP contribution in [0.3, 0.4) is 0 Å². The van der Waals surface area contributed by atoms with Crippen molar-refractivity contribution in [1.29, 1.82) is 0 Å². The van der Waals surface area contributed by atoms with Gasteiger partial charge in [0, 0.05) is 16.1 Å². The Hall–Kier alpha value is -3.47. The predicted molar refractivity (Wildman–Crippen MR) is 137 cm³/mol. The van der Waals surface area contributed by atoms with Gasteiger partial charge in [-0.05, 0) is 53.6 Å². The van der Waals surface area contributed by atoms with Gasteiger partial charge < -0.3 is 10.1 Å². The molecule has 1 aliphatic heterocycles. The van der Waals surface area contributed by atoms with Crippen molar-refractivity contribution in [2.75, 3.05) is 5.32 Å². The van der Waals surface area contributed by atoms with E-state index in [0.29, 0.717) is 21.2 Å². The highest BCUT2D eigenvalue weighted by Gasteiger charge is 2.40. The highest BCUT2D eigenvalue weighted by Crippen LogP contribution is 2.45. The summed E-state index contributed by atoms with van der Waals surface area (Å²) in [4.78, 5) is 12.1. The third kappa shape index (κ3) is 4.87. The Kier molecular flexibility index (Phi) is 6.66. The summed E-state index contributed by atoms with van der Waals surface area (Å²) in [5.41, 5.74) is 0.836. The molecule has 1 N–H and O–H groups in total. The molecule has 2 atom stereocenters. The van der Waals surface area contributed by atoms with E-state index >= 15 is 0 Å². The molecular weight excluding hydrogens is 564 g/mol. The standard InChI is InChI=1S/C26H17Cl2F3N2O4S/c27-17-9-5-15(6-10-17)23-24(16-7-11-18(28)12-8-16)33-22(34)14-13-21(25(33)32-23)38(35,36)20-4-2-1-3-19(20)37-26(29,30)31/h1-14,23-24,32H/t23-,24+/m1/s1. The number of pyridine rings is 1. The van der Waals surface area contributed by atoms with Crippen LogP contribution in [0.1, 0.15) is 23.2 Å². The fraction of sp³-hybridized carbons (Fsp3) is 0.115. The topological polar surface area (TPSA) is 77.4 Å². The van der Waals surface area contributed by atoms with Crippen molar-refractivity contribution >= 4 is 38.9 Å². The van der Waals surface area contributed by atoms with E-state index in [4.69, 9.17) is 23.2 Å². The van der Waals surface area contributed by atoms with Gasteiger partial charge in [-0.2, -0.15) is 0 Å². The second kappa shape index (κ2) is 9.68. The van der Waals surface area contributed by atoms with E-state index in [1.54, 1.807) is 48.5 Å². The second-order valence-electron chi connectivity index (χ2n) is 8.42. The first-order valence-corrected chi connectivity index (χ1v) is 13.3. The van der Waals surface area contributed by atoms with Crippen molar-refractivity contribution in [3.8, 4) is 5.75 Å². The van der Waals surface area contributed by atoms with Crippen molar-refractivity contribution in [3.63, 3.8) is 0 Å². The first-order valence-electron chi connectivity index (χ1n) is 11.1. The number of rotatable bonds is 5. The summed E-state index contributed by atoms with van der Waals surface area (Å²) >= 11 is 12.1. The Morgan fingerprint density at radius 2 is 1.37 bits per heavy atom. The molecular formula is C26H17Cl2F3N2O4S. The van der Waals surface area contributed by atoms with E-state index in [1.165, 1.54) is 16.7 Å². The summed E-state index contributed by atoms with van der Waals surface area (Å²) in [6, 6.07) is 18.7. The van der Waals surface area contributed by atoms with E-state index in [1.807, 2.05) is 0 Å². The number of para-hydroxylation sites is 1. The maximum absolute atomic E-state index is 13.7. The molecule has 0 fully saturated rings. The molecule has 4 aromatic rings. The minimum Gasteiger partial charge on any atom is -0.404 e. The van der Waals surface area contributed by atoms with Crippen molar-refractivity contribution in [2.24, 2.45) is 0 Å². The van der Waals surface area contributed by atoms with Crippen LogP contribution in [0, 0.1) is 0 Å². The Morgan fingerprint density at radius 3 is 1.97 bits per heavy atom. The maximum atomic E-state index is 13.7. The lowest BCUT2D eigenvalue weighted by Gasteiger charge is -2.22. The van der Waals surface area contributed by atoms with Crippen molar-refractivity contribution in [1.82, 2.24) is 4.57 Å². The molecule has 0 spiro atoms. The normalized spacial score (nSPS) is 17.1. The number of nitrogens with zero attached hydrogens (tertiary/aromatic N) is 1. The lowest BCUT2D eigenvalue weighted by atomic mass is 9.94. The molecule has 0 radical (unpaired) electrons. The zero-order valence-corrected chi connectivity index (χ0v) is 21.4. The van der Waals surface area contributed by atoms with Crippen LogP contribution >= 0.6 is 23.2 Å². The SMILES string of the molecule is O=c1ccc(S(=O)(=O)c2ccccc2OC(F)(F)F)c2n1[C@@H](c1ccc(Cl)cc1)[C@@H](c1ccc(Cl)cc1)N2. The van der Waals surface area contributed by atoms with Crippen LogP contribution in [0.25, 0.3) is 0 Å². The van der Waals surface area contributed by atoms with Crippen molar-refractivity contribution in [3.05, 3.63) is 116 Å². The molecule has 3 aromatic carbocycles. The number of ether oxygens (including phenoxy) is 1. The number of fused-ring (bicyclic) bond motifs is 1. The van der Waals surface area contributed by atoms with Gasteiger partial charge in [0.2, 0.25) is 9.84 Å². The zero-order chi connectivity index (χ0) is 27.2. The minimum absolute atomic E-state index is 0.0702. The lowest BCUT2D eigenvalue weighted by Crippen LogP contribution is -2.25. The molecule has 0 unspecified atom stereocenters. The summed E-state index contributed by atoms with van der Waals surface area (Å²) in [5.74, 6) is -0.953. The Bertz CT molecular complexity index is 1670. The first-order chi connectivity index (χ1) is 18.0. The van der Waals surface area contributed by atoms with Crippen molar-refractivity contribution < 1.29 is 26.3 Å². The van der Waals surface area contributed by atoms with Crippen LogP contribution in [0.15, 0.2) is 99.5 Å². The van der Waals surface area contributed by atoms with Crippen LogP contribution in [0.4, 0.5) is 19.0 Å². The van der Waals surface area contributed by atoms with Crippen LogP contribution in [-0.4, -0.2) is 19.3 Å². The van der Waals surface area contributed by atoms with Crippen LogP contribution in [0.2, 0.25) is 10.0 Å². The minimum atomic E-state index is -5.11. The summed E-state index contributed by atoms with van der Waals surface area (Å²) in [5, 5.41) is 4.08. The highest BCUT2D eigenvalue weighted by atomic mass is 35.5. The number of sulfone groups is 1. The molecule has 0 saturated carbocycles. The highest BCUT2D eigenvalue weighted by molar-refractivity contribution is 7.91. The summed E-state index contributed by atoms with van der Waals surface area (Å²) < 4.78 is 71.8. The Balaban J connectivity index is 1.72. The van der Waals surface area contributed by atoms with Gasteiger partial charge in [0.25, 0.3) is 5.56 Å². The fourth-order valence-electron chi connectivity index (χ4n) is 4.48. The smallest absolute Gasteiger partial charge is 0.404 e. The summed E-state index contributed by atoms with van der Waals surface area (Å²) in [6.45, 7) is 0. The Morgan fingerprint density at radius 1 is 0.789 bits per heavy atom. The fourth-order valence-corrected chi connectivity index (χ4v) is 6.26. The molecule has 0 amide bonds. The van der Waals surface area contributed by atoms with Crippen molar-refractivity contribution in [2.45, 2.75) is 28.2 Å². The molecule has 38 heavy (non-hydrogen) atoms. The second-order valence-corrected chi connectivity index (χ2v) is 11.2. The van der Waals surface area contributed by atoms with Crippen LogP contribution in [-0.2, 0) is 9.84 Å². The molecule has 0 bridgehead atoms.